The van der Waals surface area contributed by atoms with Crippen LogP contribution in [0.25, 0.3) is 0 Å². The SMILES string of the molecule is NC(CCCN1CCCN2CCCC2C1)=NO. The topological polar surface area (TPSA) is 65.1 Å². The minimum atomic E-state index is 0.349. The summed E-state index contributed by atoms with van der Waals surface area (Å²) in [6, 6.07) is 0.779. The van der Waals surface area contributed by atoms with Crippen molar-refractivity contribution >= 4 is 5.84 Å². The molecule has 0 radical (unpaired) electrons. The second-order valence-corrected chi connectivity index (χ2v) is 5.18. The predicted molar refractivity (Wildman–Crippen MR) is 68.3 cm³/mol. The van der Waals surface area contributed by atoms with Crippen LogP contribution >= 0.6 is 0 Å². The number of amidine groups is 1. The number of rotatable bonds is 4. The van der Waals surface area contributed by atoms with Gasteiger partial charge in [0.15, 0.2) is 0 Å². The van der Waals surface area contributed by atoms with E-state index in [1.54, 1.807) is 0 Å². The van der Waals surface area contributed by atoms with Gasteiger partial charge in [-0.15, -0.1) is 0 Å². The van der Waals surface area contributed by atoms with Gasteiger partial charge in [-0.05, 0) is 51.9 Å². The van der Waals surface area contributed by atoms with Crippen LogP contribution in [0.2, 0.25) is 0 Å². The quantitative estimate of drug-likeness (QED) is 0.328. The van der Waals surface area contributed by atoms with Crippen LogP contribution in [0.5, 0.6) is 0 Å². The zero-order valence-electron chi connectivity index (χ0n) is 10.5. The summed E-state index contributed by atoms with van der Waals surface area (Å²) < 4.78 is 0. The lowest BCUT2D eigenvalue weighted by molar-refractivity contribution is 0.219. The molecule has 0 spiro atoms. The molecule has 98 valence electrons. The number of hydrogen-bond acceptors (Lipinski definition) is 4. The number of hydrogen-bond donors (Lipinski definition) is 2. The van der Waals surface area contributed by atoms with Crippen molar-refractivity contribution in [2.24, 2.45) is 10.9 Å². The highest BCUT2D eigenvalue weighted by atomic mass is 16.4. The van der Waals surface area contributed by atoms with Gasteiger partial charge >= 0.3 is 0 Å². The molecule has 0 bridgehead atoms. The highest BCUT2D eigenvalue weighted by Crippen LogP contribution is 2.21. The van der Waals surface area contributed by atoms with E-state index in [1.807, 2.05) is 0 Å². The molecule has 2 aliphatic heterocycles. The van der Waals surface area contributed by atoms with Crippen molar-refractivity contribution in [1.82, 2.24) is 9.80 Å². The highest BCUT2D eigenvalue weighted by molar-refractivity contribution is 5.79. The molecule has 0 aliphatic carbocycles. The van der Waals surface area contributed by atoms with Gasteiger partial charge in [0, 0.05) is 19.0 Å². The van der Waals surface area contributed by atoms with Crippen molar-refractivity contribution in [1.29, 1.82) is 0 Å². The minimum absolute atomic E-state index is 0.349. The fourth-order valence-corrected chi connectivity index (χ4v) is 3.02. The largest absolute Gasteiger partial charge is 0.409 e. The second-order valence-electron chi connectivity index (χ2n) is 5.18. The highest BCUT2D eigenvalue weighted by Gasteiger charge is 2.28. The Kier molecular flexibility index (Phi) is 4.62. The average Bonchev–Trinajstić information content (AvgIpc) is 2.68. The smallest absolute Gasteiger partial charge is 0.139 e. The molecule has 0 aromatic carbocycles. The minimum Gasteiger partial charge on any atom is -0.409 e. The third-order valence-corrected chi connectivity index (χ3v) is 3.92. The van der Waals surface area contributed by atoms with E-state index in [-0.39, 0.29) is 0 Å². The molecule has 2 fully saturated rings. The van der Waals surface area contributed by atoms with Gasteiger partial charge in [0.1, 0.15) is 5.84 Å². The van der Waals surface area contributed by atoms with Crippen molar-refractivity contribution in [3.8, 4) is 0 Å². The summed E-state index contributed by atoms with van der Waals surface area (Å²) in [5.74, 6) is 0.349. The third kappa shape index (κ3) is 3.57. The maximum absolute atomic E-state index is 8.48. The third-order valence-electron chi connectivity index (χ3n) is 3.92. The summed E-state index contributed by atoms with van der Waals surface area (Å²) >= 11 is 0. The molecule has 2 saturated heterocycles. The van der Waals surface area contributed by atoms with Crippen molar-refractivity contribution in [3.05, 3.63) is 0 Å². The van der Waals surface area contributed by atoms with E-state index in [1.165, 1.54) is 45.4 Å². The van der Waals surface area contributed by atoms with Crippen molar-refractivity contribution in [2.45, 2.75) is 38.1 Å². The summed E-state index contributed by atoms with van der Waals surface area (Å²) in [5, 5.41) is 11.5. The molecule has 5 nitrogen and oxygen atoms in total. The molecule has 2 aliphatic rings. The van der Waals surface area contributed by atoms with Crippen LogP contribution in [0.1, 0.15) is 32.1 Å². The molecule has 3 N–H and O–H groups in total. The Bertz CT molecular complexity index is 269. The lowest BCUT2D eigenvalue weighted by Crippen LogP contribution is -2.37. The van der Waals surface area contributed by atoms with E-state index in [4.69, 9.17) is 10.9 Å². The van der Waals surface area contributed by atoms with Crippen LogP contribution in [-0.4, -0.2) is 59.6 Å². The van der Waals surface area contributed by atoms with Crippen molar-refractivity contribution in [3.63, 3.8) is 0 Å². The van der Waals surface area contributed by atoms with E-state index < -0.39 is 0 Å². The first-order chi connectivity index (χ1) is 8.29. The van der Waals surface area contributed by atoms with Crippen LogP contribution in [0.15, 0.2) is 5.16 Å². The number of fused-ring (bicyclic) bond motifs is 1. The van der Waals surface area contributed by atoms with Crippen LogP contribution in [0.4, 0.5) is 0 Å². The number of oxime groups is 1. The molecule has 1 atom stereocenters. The molecule has 0 amide bonds. The lowest BCUT2D eigenvalue weighted by Gasteiger charge is -2.25. The Morgan fingerprint density at radius 3 is 2.94 bits per heavy atom. The van der Waals surface area contributed by atoms with Gasteiger partial charge in [0.05, 0.1) is 0 Å². The molecule has 2 rings (SSSR count). The normalized spacial score (nSPS) is 28.0. The molecular weight excluding hydrogens is 216 g/mol. The van der Waals surface area contributed by atoms with E-state index in [2.05, 4.69) is 15.0 Å². The number of nitrogens with two attached hydrogens (primary N) is 1. The van der Waals surface area contributed by atoms with Gasteiger partial charge in [0.2, 0.25) is 0 Å². The van der Waals surface area contributed by atoms with Gasteiger partial charge in [0.25, 0.3) is 0 Å². The zero-order valence-corrected chi connectivity index (χ0v) is 10.5. The van der Waals surface area contributed by atoms with Crippen molar-refractivity contribution < 1.29 is 5.21 Å². The summed E-state index contributed by atoms with van der Waals surface area (Å²) in [5.41, 5.74) is 5.48. The monoisotopic (exact) mass is 240 g/mol. The summed E-state index contributed by atoms with van der Waals surface area (Å²) in [6.45, 7) is 6.03. The summed E-state index contributed by atoms with van der Waals surface area (Å²) in [6.07, 6.45) is 5.68. The van der Waals surface area contributed by atoms with Gasteiger partial charge in [-0.25, -0.2) is 0 Å². The fourth-order valence-electron chi connectivity index (χ4n) is 3.02. The first kappa shape index (κ1) is 12.6. The molecule has 1 unspecified atom stereocenters. The van der Waals surface area contributed by atoms with Crippen LogP contribution < -0.4 is 5.73 Å². The standard InChI is InChI=1S/C12H24N4O/c13-12(14-17)5-2-6-15-7-3-9-16-8-1-4-11(16)10-15/h11,17H,1-10H2,(H2,13,14). The van der Waals surface area contributed by atoms with E-state index >= 15 is 0 Å². The maximum Gasteiger partial charge on any atom is 0.139 e. The average molecular weight is 240 g/mol. The lowest BCUT2D eigenvalue weighted by atomic mass is 10.2. The van der Waals surface area contributed by atoms with E-state index in [0.717, 1.165) is 19.0 Å². The Morgan fingerprint density at radius 1 is 1.29 bits per heavy atom. The molecular formula is C12H24N4O. The van der Waals surface area contributed by atoms with Crippen molar-refractivity contribution in [2.75, 3.05) is 32.7 Å². The Balaban J connectivity index is 1.73. The molecule has 0 saturated carbocycles. The van der Waals surface area contributed by atoms with Gasteiger partial charge in [-0.3, -0.25) is 4.90 Å². The second kappa shape index (κ2) is 6.21. The maximum atomic E-state index is 8.48. The predicted octanol–water partition coefficient (Wildman–Crippen LogP) is 0.683. The van der Waals surface area contributed by atoms with E-state index in [0.29, 0.717) is 12.3 Å². The molecule has 2 heterocycles. The zero-order chi connectivity index (χ0) is 12.1. The number of nitrogens with zero attached hydrogens (tertiary/aromatic N) is 3. The Hall–Kier alpha value is -0.810. The summed E-state index contributed by atoms with van der Waals surface area (Å²) in [4.78, 5) is 5.18. The van der Waals surface area contributed by atoms with Gasteiger partial charge < -0.3 is 15.8 Å². The van der Waals surface area contributed by atoms with Crippen LogP contribution in [0, 0.1) is 0 Å². The molecule has 0 aromatic heterocycles. The fraction of sp³-hybridized carbons (Fsp3) is 0.917. The Labute approximate surface area is 103 Å². The van der Waals surface area contributed by atoms with Gasteiger partial charge in [-0.2, -0.15) is 0 Å². The summed E-state index contributed by atoms with van der Waals surface area (Å²) in [7, 11) is 0. The van der Waals surface area contributed by atoms with Gasteiger partial charge in [-0.1, -0.05) is 5.16 Å². The van der Waals surface area contributed by atoms with E-state index in [9.17, 15) is 0 Å². The first-order valence-corrected chi connectivity index (χ1v) is 6.72. The van der Waals surface area contributed by atoms with Crippen LogP contribution in [-0.2, 0) is 0 Å². The Morgan fingerprint density at radius 2 is 2.12 bits per heavy atom. The molecule has 17 heavy (non-hydrogen) atoms. The molecule has 0 aromatic rings. The molecule has 5 heteroatoms. The first-order valence-electron chi connectivity index (χ1n) is 6.72. The van der Waals surface area contributed by atoms with Crippen LogP contribution in [0.3, 0.4) is 0 Å².